The molecule has 1 heterocycles. The maximum Gasteiger partial charge on any atom is 0.0652 e. The van der Waals surface area contributed by atoms with E-state index in [-0.39, 0.29) is 11.6 Å². The standard InChI is InChI=1S/C18H28N2O/c1-5-16(19)13-15-8-6-7-14-9-10-20(17(14)15)11-12-21-18(2,3)4/h6-10,16H,5,11-13,19H2,1-4H3. The van der Waals surface area contributed by atoms with Gasteiger partial charge >= 0.3 is 0 Å². The lowest BCUT2D eigenvalue weighted by Crippen LogP contribution is -2.23. The van der Waals surface area contributed by atoms with Gasteiger partial charge < -0.3 is 15.0 Å². The Labute approximate surface area is 128 Å². The fraction of sp³-hybridized carbons (Fsp3) is 0.556. The largest absolute Gasteiger partial charge is 0.374 e. The summed E-state index contributed by atoms with van der Waals surface area (Å²) in [7, 11) is 0. The Bertz CT molecular complexity index is 580. The molecule has 0 saturated carbocycles. The lowest BCUT2D eigenvalue weighted by atomic mass is 10.0. The van der Waals surface area contributed by atoms with Crippen LogP contribution in [0.5, 0.6) is 0 Å². The molecule has 2 aromatic rings. The molecule has 0 aliphatic heterocycles. The Morgan fingerprint density at radius 1 is 1.24 bits per heavy atom. The van der Waals surface area contributed by atoms with Crippen LogP contribution in [0.2, 0.25) is 0 Å². The number of fused-ring (bicyclic) bond motifs is 1. The highest BCUT2D eigenvalue weighted by atomic mass is 16.5. The minimum absolute atomic E-state index is 0.0870. The molecule has 1 unspecified atom stereocenters. The van der Waals surface area contributed by atoms with E-state index < -0.39 is 0 Å². The van der Waals surface area contributed by atoms with Crippen molar-refractivity contribution in [1.29, 1.82) is 0 Å². The maximum atomic E-state index is 6.14. The fourth-order valence-corrected chi connectivity index (χ4v) is 2.57. The van der Waals surface area contributed by atoms with Gasteiger partial charge in [0.2, 0.25) is 0 Å². The molecular formula is C18H28N2O. The maximum absolute atomic E-state index is 6.14. The summed E-state index contributed by atoms with van der Waals surface area (Å²) in [6, 6.07) is 8.88. The summed E-state index contributed by atoms with van der Waals surface area (Å²) in [5.74, 6) is 0. The third-order valence-electron chi connectivity index (χ3n) is 3.75. The van der Waals surface area contributed by atoms with Crippen molar-refractivity contribution in [1.82, 2.24) is 4.57 Å². The van der Waals surface area contributed by atoms with Gasteiger partial charge in [0.15, 0.2) is 0 Å². The van der Waals surface area contributed by atoms with Gasteiger partial charge in [0.1, 0.15) is 0 Å². The van der Waals surface area contributed by atoms with E-state index in [9.17, 15) is 0 Å². The lowest BCUT2D eigenvalue weighted by Gasteiger charge is -2.20. The second-order valence-electron chi connectivity index (χ2n) is 6.70. The topological polar surface area (TPSA) is 40.2 Å². The van der Waals surface area contributed by atoms with Crippen LogP contribution in [0.1, 0.15) is 39.7 Å². The number of para-hydroxylation sites is 1. The van der Waals surface area contributed by atoms with Crippen molar-refractivity contribution in [3.8, 4) is 0 Å². The summed E-state index contributed by atoms with van der Waals surface area (Å²) in [5, 5.41) is 1.28. The van der Waals surface area contributed by atoms with E-state index in [1.165, 1.54) is 16.5 Å². The monoisotopic (exact) mass is 288 g/mol. The van der Waals surface area contributed by atoms with Crippen molar-refractivity contribution in [2.24, 2.45) is 5.73 Å². The number of nitrogens with two attached hydrogens (primary N) is 1. The van der Waals surface area contributed by atoms with E-state index >= 15 is 0 Å². The van der Waals surface area contributed by atoms with E-state index in [4.69, 9.17) is 10.5 Å². The van der Waals surface area contributed by atoms with Gasteiger partial charge in [-0.25, -0.2) is 0 Å². The van der Waals surface area contributed by atoms with Crippen LogP contribution in [0.15, 0.2) is 30.5 Å². The van der Waals surface area contributed by atoms with Crippen LogP contribution in [0.25, 0.3) is 10.9 Å². The van der Waals surface area contributed by atoms with Gasteiger partial charge in [-0.2, -0.15) is 0 Å². The van der Waals surface area contributed by atoms with Gasteiger partial charge in [-0.05, 0) is 50.6 Å². The molecule has 2 rings (SSSR count). The molecule has 3 nitrogen and oxygen atoms in total. The Morgan fingerprint density at radius 3 is 2.67 bits per heavy atom. The molecule has 2 N–H and O–H groups in total. The van der Waals surface area contributed by atoms with Crippen molar-refractivity contribution >= 4 is 10.9 Å². The molecule has 1 aromatic heterocycles. The molecule has 1 aromatic carbocycles. The zero-order valence-electron chi connectivity index (χ0n) is 13.7. The average molecular weight is 288 g/mol. The third kappa shape index (κ3) is 4.32. The van der Waals surface area contributed by atoms with Crippen LogP contribution in [0, 0.1) is 0 Å². The molecular weight excluding hydrogens is 260 g/mol. The molecule has 0 fully saturated rings. The predicted octanol–water partition coefficient (Wildman–Crippen LogP) is 3.74. The second-order valence-corrected chi connectivity index (χ2v) is 6.70. The highest BCUT2D eigenvalue weighted by Crippen LogP contribution is 2.22. The van der Waals surface area contributed by atoms with Crippen LogP contribution in [-0.4, -0.2) is 22.8 Å². The Hall–Kier alpha value is -1.32. The average Bonchev–Trinajstić information content (AvgIpc) is 2.82. The number of nitrogens with zero attached hydrogens (tertiary/aromatic N) is 1. The Kier molecular flexibility index (Phi) is 5.07. The zero-order valence-corrected chi connectivity index (χ0v) is 13.7. The number of rotatable bonds is 6. The molecule has 116 valence electrons. The first-order valence-electron chi connectivity index (χ1n) is 7.87. The molecule has 1 atom stereocenters. The normalized spacial score (nSPS) is 13.8. The third-order valence-corrected chi connectivity index (χ3v) is 3.75. The van der Waals surface area contributed by atoms with Gasteiger partial charge in [-0.15, -0.1) is 0 Å². The minimum atomic E-state index is -0.0870. The van der Waals surface area contributed by atoms with Crippen LogP contribution < -0.4 is 5.73 Å². The van der Waals surface area contributed by atoms with Crippen molar-refractivity contribution in [3.05, 3.63) is 36.0 Å². The molecule has 0 bridgehead atoms. The summed E-state index contributed by atoms with van der Waals surface area (Å²) in [5.41, 5.74) is 8.69. The van der Waals surface area contributed by atoms with Crippen LogP contribution in [0.3, 0.4) is 0 Å². The van der Waals surface area contributed by atoms with Gasteiger partial charge in [-0.3, -0.25) is 0 Å². The first-order valence-corrected chi connectivity index (χ1v) is 7.87. The number of ether oxygens (including phenoxy) is 1. The molecule has 0 radical (unpaired) electrons. The molecule has 21 heavy (non-hydrogen) atoms. The molecule has 0 aliphatic rings. The first-order chi connectivity index (χ1) is 9.90. The lowest BCUT2D eigenvalue weighted by molar-refractivity contribution is -0.00645. The van der Waals surface area contributed by atoms with Gasteiger partial charge in [0.05, 0.1) is 17.7 Å². The number of benzene rings is 1. The summed E-state index contributed by atoms with van der Waals surface area (Å²) >= 11 is 0. The van der Waals surface area contributed by atoms with Gasteiger partial charge in [0.25, 0.3) is 0 Å². The summed E-state index contributed by atoms with van der Waals surface area (Å²) < 4.78 is 8.14. The molecule has 0 saturated heterocycles. The second kappa shape index (κ2) is 6.63. The van der Waals surface area contributed by atoms with Crippen molar-refractivity contribution in [3.63, 3.8) is 0 Å². The first kappa shape index (κ1) is 16.1. The van der Waals surface area contributed by atoms with E-state index in [0.29, 0.717) is 0 Å². The summed E-state index contributed by atoms with van der Waals surface area (Å²) in [6.45, 7) is 10.0. The summed E-state index contributed by atoms with van der Waals surface area (Å²) in [6.07, 6.45) is 4.08. The predicted molar refractivity (Wildman–Crippen MR) is 89.6 cm³/mol. The van der Waals surface area contributed by atoms with Gasteiger partial charge in [0, 0.05) is 18.8 Å². The highest BCUT2D eigenvalue weighted by molar-refractivity contribution is 5.83. The number of aromatic nitrogens is 1. The quantitative estimate of drug-likeness (QED) is 0.879. The van der Waals surface area contributed by atoms with E-state index in [0.717, 1.165) is 26.0 Å². The smallest absolute Gasteiger partial charge is 0.0652 e. The highest BCUT2D eigenvalue weighted by Gasteiger charge is 2.12. The fourth-order valence-electron chi connectivity index (χ4n) is 2.57. The van der Waals surface area contributed by atoms with Crippen LogP contribution >= 0.6 is 0 Å². The molecule has 0 aliphatic carbocycles. The molecule has 3 heteroatoms. The summed E-state index contributed by atoms with van der Waals surface area (Å²) in [4.78, 5) is 0. The SMILES string of the molecule is CCC(N)Cc1cccc2ccn(CCOC(C)(C)C)c12. The zero-order chi connectivity index (χ0) is 15.5. The Balaban J connectivity index is 2.20. The van der Waals surface area contributed by atoms with E-state index in [1.807, 2.05) is 0 Å². The van der Waals surface area contributed by atoms with Gasteiger partial charge in [-0.1, -0.05) is 25.1 Å². The molecule has 0 spiro atoms. The number of hydrogen-bond donors (Lipinski definition) is 1. The van der Waals surface area contributed by atoms with Crippen molar-refractivity contribution in [2.45, 2.75) is 58.7 Å². The van der Waals surface area contributed by atoms with Crippen molar-refractivity contribution < 1.29 is 4.74 Å². The van der Waals surface area contributed by atoms with Crippen LogP contribution in [-0.2, 0) is 17.7 Å². The van der Waals surface area contributed by atoms with Crippen molar-refractivity contribution in [2.75, 3.05) is 6.61 Å². The Morgan fingerprint density at radius 2 is 2.00 bits per heavy atom. The minimum Gasteiger partial charge on any atom is -0.374 e. The van der Waals surface area contributed by atoms with Crippen LogP contribution in [0.4, 0.5) is 0 Å². The molecule has 0 amide bonds. The van der Waals surface area contributed by atoms with E-state index in [2.05, 4.69) is 62.7 Å². The number of hydrogen-bond acceptors (Lipinski definition) is 2. The van der Waals surface area contributed by atoms with E-state index in [1.54, 1.807) is 0 Å².